The molecule has 0 aliphatic heterocycles. The van der Waals surface area contributed by atoms with E-state index in [9.17, 15) is 4.79 Å². The first kappa shape index (κ1) is 12.1. The van der Waals surface area contributed by atoms with Crippen LogP contribution >= 0.6 is 11.3 Å². The molecule has 1 heterocycles. The smallest absolute Gasteiger partial charge is 0.236 e. The van der Waals surface area contributed by atoms with E-state index in [-0.39, 0.29) is 11.9 Å². The summed E-state index contributed by atoms with van der Waals surface area (Å²) in [4.78, 5) is 16.8. The van der Waals surface area contributed by atoms with Crippen LogP contribution in [0.3, 0.4) is 0 Å². The van der Waals surface area contributed by atoms with Gasteiger partial charge in [0.05, 0.1) is 11.7 Å². The van der Waals surface area contributed by atoms with E-state index in [1.165, 1.54) is 4.88 Å². The number of thiazole rings is 1. The van der Waals surface area contributed by atoms with Crippen LogP contribution in [-0.4, -0.2) is 24.0 Å². The van der Waals surface area contributed by atoms with Gasteiger partial charge in [0.15, 0.2) is 0 Å². The van der Waals surface area contributed by atoms with Gasteiger partial charge in [0.1, 0.15) is 5.01 Å². The standard InChI is InChI=1S/C10H17N3OS/c1-6-8(3)15-9(13-6)5-12-7(2)10(14)11-4/h7,12H,5H2,1-4H3,(H,11,14). The lowest BCUT2D eigenvalue weighted by molar-refractivity contribution is -0.122. The monoisotopic (exact) mass is 227 g/mol. The largest absolute Gasteiger partial charge is 0.358 e. The van der Waals surface area contributed by atoms with Gasteiger partial charge in [-0.25, -0.2) is 4.98 Å². The molecule has 4 nitrogen and oxygen atoms in total. The molecule has 1 rings (SSSR count). The van der Waals surface area contributed by atoms with Crippen LogP contribution in [0.5, 0.6) is 0 Å². The zero-order valence-electron chi connectivity index (χ0n) is 9.55. The van der Waals surface area contributed by atoms with Crippen molar-refractivity contribution >= 4 is 17.2 Å². The SMILES string of the molecule is CNC(=O)C(C)NCc1nc(C)c(C)s1. The summed E-state index contributed by atoms with van der Waals surface area (Å²) in [5, 5.41) is 6.75. The molecule has 1 atom stereocenters. The van der Waals surface area contributed by atoms with Gasteiger partial charge in [-0.2, -0.15) is 0 Å². The van der Waals surface area contributed by atoms with E-state index < -0.39 is 0 Å². The molecule has 1 aromatic heterocycles. The lowest BCUT2D eigenvalue weighted by Crippen LogP contribution is -2.40. The van der Waals surface area contributed by atoms with Crippen LogP contribution < -0.4 is 10.6 Å². The van der Waals surface area contributed by atoms with Crippen LogP contribution in [0, 0.1) is 13.8 Å². The summed E-state index contributed by atoms with van der Waals surface area (Å²) in [5.41, 5.74) is 1.07. The van der Waals surface area contributed by atoms with Crippen LogP contribution in [0.25, 0.3) is 0 Å². The van der Waals surface area contributed by atoms with Crippen molar-refractivity contribution in [2.45, 2.75) is 33.4 Å². The maximum Gasteiger partial charge on any atom is 0.236 e. The topological polar surface area (TPSA) is 54.0 Å². The molecule has 0 bridgehead atoms. The quantitative estimate of drug-likeness (QED) is 0.806. The highest BCUT2D eigenvalue weighted by Crippen LogP contribution is 2.15. The van der Waals surface area contributed by atoms with Crippen molar-refractivity contribution in [2.75, 3.05) is 7.05 Å². The lowest BCUT2D eigenvalue weighted by atomic mass is 10.3. The number of nitrogens with one attached hydrogen (secondary N) is 2. The van der Waals surface area contributed by atoms with Gasteiger partial charge in [0, 0.05) is 18.5 Å². The number of carbonyl (C=O) groups excluding carboxylic acids is 1. The minimum atomic E-state index is -0.181. The Morgan fingerprint density at radius 1 is 1.53 bits per heavy atom. The molecule has 5 heteroatoms. The Kier molecular flexibility index (Phi) is 4.23. The number of amides is 1. The fourth-order valence-corrected chi connectivity index (χ4v) is 2.05. The fourth-order valence-electron chi connectivity index (χ4n) is 1.16. The van der Waals surface area contributed by atoms with Crippen molar-refractivity contribution in [2.24, 2.45) is 0 Å². The maximum atomic E-state index is 11.2. The number of hydrogen-bond acceptors (Lipinski definition) is 4. The first-order chi connectivity index (χ1) is 7.04. The highest BCUT2D eigenvalue weighted by Gasteiger charge is 2.11. The van der Waals surface area contributed by atoms with Crippen molar-refractivity contribution in [3.8, 4) is 0 Å². The average Bonchev–Trinajstić information content (AvgIpc) is 2.54. The summed E-state index contributed by atoms with van der Waals surface area (Å²) >= 11 is 1.67. The predicted octanol–water partition coefficient (Wildman–Crippen LogP) is 0.984. The summed E-state index contributed by atoms with van der Waals surface area (Å²) in [6, 6.07) is -0.181. The highest BCUT2D eigenvalue weighted by molar-refractivity contribution is 7.11. The van der Waals surface area contributed by atoms with Crippen LogP contribution in [0.15, 0.2) is 0 Å². The van der Waals surface area contributed by atoms with Gasteiger partial charge in [-0.1, -0.05) is 0 Å². The molecule has 1 amide bonds. The first-order valence-electron chi connectivity index (χ1n) is 4.92. The van der Waals surface area contributed by atoms with Crippen LogP contribution in [0.1, 0.15) is 22.5 Å². The molecule has 0 saturated carbocycles. The molecule has 0 aromatic carbocycles. The number of aromatic nitrogens is 1. The van der Waals surface area contributed by atoms with Gasteiger partial charge in [0.2, 0.25) is 5.91 Å². The van der Waals surface area contributed by atoms with Crippen molar-refractivity contribution in [3.63, 3.8) is 0 Å². The maximum absolute atomic E-state index is 11.2. The molecule has 0 fully saturated rings. The number of aryl methyl sites for hydroxylation is 2. The minimum Gasteiger partial charge on any atom is -0.358 e. The third-order valence-electron chi connectivity index (χ3n) is 2.27. The van der Waals surface area contributed by atoms with E-state index in [0.717, 1.165) is 10.7 Å². The van der Waals surface area contributed by atoms with Crippen molar-refractivity contribution in [1.29, 1.82) is 0 Å². The number of carbonyl (C=O) groups is 1. The van der Waals surface area contributed by atoms with E-state index >= 15 is 0 Å². The lowest BCUT2D eigenvalue weighted by Gasteiger charge is -2.10. The highest BCUT2D eigenvalue weighted by atomic mass is 32.1. The predicted molar refractivity (Wildman–Crippen MR) is 62.0 cm³/mol. The summed E-state index contributed by atoms with van der Waals surface area (Å²) in [6.45, 7) is 6.54. The fraction of sp³-hybridized carbons (Fsp3) is 0.600. The van der Waals surface area contributed by atoms with E-state index in [1.807, 2.05) is 13.8 Å². The number of rotatable bonds is 4. The van der Waals surface area contributed by atoms with Crippen molar-refractivity contribution < 1.29 is 4.79 Å². The molecule has 1 aromatic rings. The number of likely N-dealkylation sites (N-methyl/N-ethyl adjacent to an activating group) is 1. The normalized spacial score (nSPS) is 12.5. The Balaban J connectivity index is 2.47. The van der Waals surface area contributed by atoms with Crippen molar-refractivity contribution in [3.05, 3.63) is 15.6 Å². The molecule has 0 spiro atoms. The Morgan fingerprint density at radius 3 is 2.67 bits per heavy atom. The summed E-state index contributed by atoms with van der Waals surface area (Å²) in [7, 11) is 1.64. The number of hydrogen-bond donors (Lipinski definition) is 2. The van der Waals surface area contributed by atoms with Gasteiger partial charge in [-0.15, -0.1) is 11.3 Å². The molecule has 0 aliphatic carbocycles. The first-order valence-corrected chi connectivity index (χ1v) is 5.74. The second kappa shape index (κ2) is 5.23. The Labute approximate surface area is 94.1 Å². The second-order valence-corrected chi connectivity index (χ2v) is 4.75. The molecular formula is C10H17N3OS. The molecular weight excluding hydrogens is 210 g/mol. The number of nitrogens with zero attached hydrogens (tertiary/aromatic N) is 1. The van der Waals surface area contributed by atoms with Crippen LogP contribution in [0.4, 0.5) is 0 Å². The average molecular weight is 227 g/mol. The third-order valence-corrected chi connectivity index (χ3v) is 3.34. The Hall–Kier alpha value is -0.940. The zero-order chi connectivity index (χ0) is 11.4. The zero-order valence-corrected chi connectivity index (χ0v) is 10.4. The van der Waals surface area contributed by atoms with Gasteiger partial charge in [0.25, 0.3) is 0 Å². The summed E-state index contributed by atoms with van der Waals surface area (Å²) < 4.78 is 0. The summed E-state index contributed by atoms with van der Waals surface area (Å²) in [6.07, 6.45) is 0. The molecule has 2 N–H and O–H groups in total. The molecule has 0 radical (unpaired) electrons. The van der Waals surface area contributed by atoms with E-state index in [2.05, 4.69) is 22.5 Å². The van der Waals surface area contributed by atoms with E-state index in [1.54, 1.807) is 18.4 Å². The van der Waals surface area contributed by atoms with E-state index in [0.29, 0.717) is 6.54 Å². The Morgan fingerprint density at radius 2 is 2.20 bits per heavy atom. The van der Waals surface area contributed by atoms with Gasteiger partial charge in [-0.05, 0) is 20.8 Å². The summed E-state index contributed by atoms with van der Waals surface area (Å²) in [5.74, 6) is 0.000000000000000666. The second-order valence-electron chi connectivity index (χ2n) is 3.47. The Bertz CT molecular complexity index is 329. The van der Waals surface area contributed by atoms with Crippen molar-refractivity contribution in [1.82, 2.24) is 15.6 Å². The minimum absolute atomic E-state index is 0.000000000000000666. The van der Waals surface area contributed by atoms with Crippen LogP contribution in [-0.2, 0) is 11.3 Å². The van der Waals surface area contributed by atoms with E-state index in [4.69, 9.17) is 0 Å². The molecule has 1 unspecified atom stereocenters. The third kappa shape index (κ3) is 3.28. The molecule has 0 aliphatic rings. The molecule has 15 heavy (non-hydrogen) atoms. The molecule has 0 saturated heterocycles. The molecule has 84 valence electrons. The van der Waals surface area contributed by atoms with Gasteiger partial charge in [-0.3, -0.25) is 10.1 Å². The van der Waals surface area contributed by atoms with Crippen LogP contribution in [0.2, 0.25) is 0 Å². The van der Waals surface area contributed by atoms with Gasteiger partial charge >= 0.3 is 0 Å². The van der Waals surface area contributed by atoms with Gasteiger partial charge < -0.3 is 5.32 Å².